The molecule has 140 valence electrons. The Morgan fingerprint density at radius 2 is 1.89 bits per heavy atom. The third-order valence-corrected chi connectivity index (χ3v) is 5.48. The minimum Gasteiger partial charge on any atom is -0.485 e. The number of hydrogen-bond acceptors (Lipinski definition) is 4. The summed E-state index contributed by atoms with van der Waals surface area (Å²) in [4.78, 5) is 25.0. The Bertz CT molecular complexity index is 941. The molecule has 3 rings (SSSR count). The Labute approximate surface area is 162 Å². The summed E-state index contributed by atoms with van der Waals surface area (Å²) in [5, 5.41) is 2.08. The minimum absolute atomic E-state index is 0.0505. The topological polar surface area (TPSA) is 74.3 Å². The number of nitrogens with two attached hydrogens (primary N) is 1. The van der Waals surface area contributed by atoms with Gasteiger partial charge in [0, 0.05) is 33.9 Å². The van der Waals surface area contributed by atoms with Gasteiger partial charge in [-0.1, -0.05) is 6.07 Å². The van der Waals surface area contributed by atoms with Crippen LogP contribution >= 0.6 is 11.3 Å². The van der Waals surface area contributed by atoms with Crippen LogP contribution in [0.1, 0.15) is 37.0 Å². The van der Waals surface area contributed by atoms with Gasteiger partial charge in [0.1, 0.15) is 5.75 Å². The molecule has 0 radical (unpaired) electrons. The van der Waals surface area contributed by atoms with Crippen molar-refractivity contribution in [3.05, 3.63) is 75.2 Å². The number of carbonyl (C=O) groups excluding carboxylic acids is 2. The highest BCUT2D eigenvalue weighted by atomic mass is 32.1. The van der Waals surface area contributed by atoms with Crippen molar-refractivity contribution in [2.45, 2.75) is 26.8 Å². The van der Waals surface area contributed by atoms with E-state index < -0.39 is 5.91 Å². The van der Waals surface area contributed by atoms with Crippen molar-refractivity contribution in [3.8, 4) is 5.75 Å². The second-order valence-corrected chi connectivity index (χ2v) is 7.40. The van der Waals surface area contributed by atoms with Gasteiger partial charge >= 0.3 is 0 Å². The van der Waals surface area contributed by atoms with Crippen molar-refractivity contribution in [1.82, 2.24) is 4.57 Å². The van der Waals surface area contributed by atoms with E-state index in [0.717, 1.165) is 24.4 Å². The Hall–Kier alpha value is -2.86. The second-order valence-electron chi connectivity index (χ2n) is 6.37. The number of ketones is 1. The van der Waals surface area contributed by atoms with E-state index in [2.05, 4.69) is 22.1 Å². The van der Waals surface area contributed by atoms with E-state index in [1.165, 1.54) is 4.88 Å². The van der Waals surface area contributed by atoms with Gasteiger partial charge in [-0.3, -0.25) is 9.59 Å². The third-order valence-electron chi connectivity index (χ3n) is 4.54. The van der Waals surface area contributed by atoms with Crippen molar-refractivity contribution >= 4 is 23.0 Å². The smallest absolute Gasteiger partial charge is 0.248 e. The van der Waals surface area contributed by atoms with Gasteiger partial charge in [0.2, 0.25) is 11.7 Å². The Balaban J connectivity index is 1.64. The van der Waals surface area contributed by atoms with Crippen LogP contribution in [0.4, 0.5) is 0 Å². The summed E-state index contributed by atoms with van der Waals surface area (Å²) in [6, 6.07) is 12.5. The number of thiophene rings is 1. The van der Waals surface area contributed by atoms with Gasteiger partial charge in [-0.2, -0.15) is 0 Å². The van der Waals surface area contributed by atoms with Crippen LogP contribution in [-0.4, -0.2) is 22.9 Å². The fourth-order valence-corrected chi connectivity index (χ4v) is 3.74. The Morgan fingerprint density at radius 3 is 2.52 bits per heavy atom. The average Bonchev–Trinajstić information content (AvgIpc) is 3.27. The fourth-order valence-electron chi connectivity index (χ4n) is 3.05. The number of ether oxygens (including phenoxy) is 1. The van der Waals surface area contributed by atoms with E-state index in [1.54, 1.807) is 35.6 Å². The maximum atomic E-state index is 12.6. The standard InChI is InChI=1S/C21H22N2O3S/c1-14-12-19(15(2)23(14)10-9-18-4-3-11-27-18)20(24)13-26-17-7-5-16(6-8-17)21(22)25/h3-8,11-12H,9-10,13H2,1-2H3,(H2,22,25). The van der Waals surface area contributed by atoms with Gasteiger partial charge in [0.05, 0.1) is 0 Å². The molecule has 5 nitrogen and oxygen atoms in total. The van der Waals surface area contributed by atoms with Gasteiger partial charge in [0.25, 0.3) is 0 Å². The lowest BCUT2D eigenvalue weighted by Gasteiger charge is -2.09. The van der Waals surface area contributed by atoms with E-state index in [-0.39, 0.29) is 12.4 Å². The lowest BCUT2D eigenvalue weighted by molar-refractivity contribution is 0.0919. The van der Waals surface area contributed by atoms with E-state index >= 15 is 0 Å². The maximum absolute atomic E-state index is 12.6. The Morgan fingerprint density at radius 1 is 1.15 bits per heavy atom. The summed E-state index contributed by atoms with van der Waals surface area (Å²) >= 11 is 1.75. The summed E-state index contributed by atoms with van der Waals surface area (Å²) in [7, 11) is 0. The highest BCUT2D eigenvalue weighted by Crippen LogP contribution is 2.19. The van der Waals surface area contributed by atoms with Gasteiger partial charge in [-0.15, -0.1) is 11.3 Å². The van der Waals surface area contributed by atoms with E-state index in [1.807, 2.05) is 19.9 Å². The molecular weight excluding hydrogens is 360 g/mol. The van der Waals surface area contributed by atoms with Crippen LogP contribution in [0.3, 0.4) is 0 Å². The molecule has 3 aromatic rings. The van der Waals surface area contributed by atoms with Crippen LogP contribution in [0.2, 0.25) is 0 Å². The number of carbonyl (C=O) groups is 2. The molecular formula is C21H22N2O3S. The second kappa shape index (κ2) is 8.22. The number of amides is 1. The molecule has 0 aliphatic heterocycles. The first-order valence-corrected chi connectivity index (χ1v) is 9.58. The van der Waals surface area contributed by atoms with Crippen LogP contribution in [-0.2, 0) is 13.0 Å². The molecule has 0 bridgehead atoms. The summed E-state index contributed by atoms with van der Waals surface area (Å²) < 4.78 is 7.75. The van der Waals surface area contributed by atoms with Gasteiger partial charge in [-0.25, -0.2) is 0 Å². The van der Waals surface area contributed by atoms with Crippen LogP contribution in [0.25, 0.3) is 0 Å². The molecule has 0 aliphatic rings. The minimum atomic E-state index is -0.493. The number of hydrogen-bond donors (Lipinski definition) is 1. The first-order chi connectivity index (χ1) is 13.0. The van der Waals surface area contributed by atoms with Crippen LogP contribution in [0.15, 0.2) is 47.8 Å². The SMILES string of the molecule is Cc1cc(C(=O)COc2ccc(C(N)=O)cc2)c(C)n1CCc1cccs1. The molecule has 0 unspecified atom stereocenters. The Kier molecular flexibility index (Phi) is 5.76. The van der Waals surface area contributed by atoms with Gasteiger partial charge in [-0.05, 0) is 62.0 Å². The van der Waals surface area contributed by atoms with Gasteiger partial charge in [0.15, 0.2) is 6.61 Å². The lowest BCUT2D eigenvalue weighted by Crippen LogP contribution is -2.14. The molecule has 0 atom stereocenters. The molecule has 1 amide bonds. The average molecular weight is 382 g/mol. The number of rotatable bonds is 8. The van der Waals surface area contributed by atoms with Crippen LogP contribution in [0, 0.1) is 13.8 Å². The quantitative estimate of drug-likeness (QED) is 0.603. The van der Waals surface area contributed by atoms with Crippen molar-refractivity contribution in [2.24, 2.45) is 5.73 Å². The van der Waals surface area contributed by atoms with Crippen molar-refractivity contribution in [2.75, 3.05) is 6.61 Å². The monoisotopic (exact) mass is 382 g/mol. The molecule has 0 fully saturated rings. The molecule has 1 aromatic carbocycles. The molecule has 0 saturated carbocycles. The molecule has 6 heteroatoms. The number of benzene rings is 1. The predicted molar refractivity (Wildman–Crippen MR) is 107 cm³/mol. The lowest BCUT2D eigenvalue weighted by atomic mass is 10.1. The molecule has 27 heavy (non-hydrogen) atoms. The number of aryl methyl sites for hydroxylation is 2. The van der Waals surface area contributed by atoms with Crippen molar-refractivity contribution < 1.29 is 14.3 Å². The number of nitrogens with zero attached hydrogens (tertiary/aromatic N) is 1. The van der Waals surface area contributed by atoms with Crippen LogP contribution in [0.5, 0.6) is 5.75 Å². The molecule has 0 saturated heterocycles. The zero-order chi connectivity index (χ0) is 19.4. The van der Waals surface area contributed by atoms with E-state index in [9.17, 15) is 9.59 Å². The van der Waals surface area contributed by atoms with Crippen molar-refractivity contribution in [3.63, 3.8) is 0 Å². The molecule has 0 aliphatic carbocycles. The van der Waals surface area contributed by atoms with Crippen LogP contribution < -0.4 is 10.5 Å². The maximum Gasteiger partial charge on any atom is 0.248 e. The van der Waals surface area contributed by atoms with E-state index in [0.29, 0.717) is 16.9 Å². The normalized spacial score (nSPS) is 10.7. The number of Topliss-reactive ketones (excluding diaryl/α,β-unsaturated/α-hetero) is 1. The largest absolute Gasteiger partial charge is 0.485 e. The summed E-state index contributed by atoms with van der Waals surface area (Å²) in [5.74, 6) is -0.0306. The third kappa shape index (κ3) is 4.46. The number of primary amides is 1. The predicted octanol–water partition coefficient (Wildman–Crippen LogP) is 3.77. The highest BCUT2D eigenvalue weighted by Gasteiger charge is 2.16. The molecule has 2 N–H and O–H groups in total. The highest BCUT2D eigenvalue weighted by molar-refractivity contribution is 7.09. The first kappa shape index (κ1) is 18.9. The summed E-state index contributed by atoms with van der Waals surface area (Å²) in [6.07, 6.45) is 0.949. The summed E-state index contributed by atoms with van der Waals surface area (Å²) in [5.41, 5.74) is 8.34. The molecule has 2 aromatic heterocycles. The van der Waals surface area contributed by atoms with Crippen molar-refractivity contribution in [1.29, 1.82) is 0 Å². The van der Waals surface area contributed by atoms with Gasteiger partial charge < -0.3 is 15.0 Å². The number of aromatic nitrogens is 1. The molecule has 0 spiro atoms. The molecule has 2 heterocycles. The van der Waals surface area contributed by atoms with E-state index in [4.69, 9.17) is 10.5 Å². The first-order valence-electron chi connectivity index (χ1n) is 8.70. The summed E-state index contributed by atoms with van der Waals surface area (Å²) in [6.45, 7) is 4.78. The zero-order valence-electron chi connectivity index (χ0n) is 15.4. The fraction of sp³-hybridized carbons (Fsp3) is 0.238. The zero-order valence-corrected chi connectivity index (χ0v) is 16.2.